The summed E-state index contributed by atoms with van der Waals surface area (Å²) in [5.74, 6) is 0. The zero-order valence-electron chi connectivity index (χ0n) is 21.3. The van der Waals surface area contributed by atoms with Crippen LogP contribution in [-0.2, 0) is 11.8 Å². The first-order valence-corrected chi connectivity index (χ1v) is 13.1. The highest BCUT2D eigenvalue weighted by atomic mass is 35.5. The van der Waals surface area contributed by atoms with E-state index >= 15 is 0 Å². The predicted octanol–water partition coefficient (Wildman–Crippen LogP) is 8.19. The van der Waals surface area contributed by atoms with E-state index in [0.29, 0.717) is 5.69 Å². The molecular formula is C32H32ClN3. The fourth-order valence-electron chi connectivity index (χ4n) is 5.35. The van der Waals surface area contributed by atoms with Gasteiger partial charge in [0.05, 0.1) is 22.6 Å². The first-order chi connectivity index (χ1) is 17.4. The number of nitrogens with zero attached hydrogens (tertiary/aromatic N) is 3. The maximum Gasteiger partial charge on any atom is 0.223 e. The Morgan fingerprint density at radius 1 is 1.11 bits per heavy atom. The third-order valence-electron chi connectivity index (χ3n) is 7.55. The number of aliphatic imine (C=N–C) groups is 1. The monoisotopic (exact) mass is 493 g/mol. The van der Waals surface area contributed by atoms with E-state index in [2.05, 4.69) is 104 Å². The molecule has 2 unspecified atom stereocenters. The van der Waals surface area contributed by atoms with Gasteiger partial charge in [-0.1, -0.05) is 93.6 Å². The second-order valence-electron chi connectivity index (χ2n) is 10.0. The van der Waals surface area contributed by atoms with Crippen LogP contribution >= 0.6 is 11.6 Å². The van der Waals surface area contributed by atoms with Crippen molar-refractivity contribution >= 4 is 22.9 Å². The molecule has 1 aliphatic heterocycles. The number of benzene rings is 2. The lowest BCUT2D eigenvalue weighted by molar-refractivity contribution is 0.650. The number of hydrogen-bond donors (Lipinski definition) is 0. The Balaban J connectivity index is 1.42. The van der Waals surface area contributed by atoms with Crippen LogP contribution in [0.15, 0.2) is 90.5 Å². The Morgan fingerprint density at radius 3 is 2.64 bits per heavy atom. The van der Waals surface area contributed by atoms with Crippen LogP contribution in [0.5, 0.6) is 0 Å². The standard InChI is InChI=1S/C32H32ClN3/c1-5-7-10-23-14-16-24(17-15-23)29-20-28(34-30(33)35-29)22(3)13-18-27-25-11-8-9-12-26(25)31(4)21-32(31,36-27)19-6-2/h6,8-9,11-20H,3,5,7,10,21H2,1-2,4H3/b18-13-,19-6?. The summed E-state index contributed by atoms with van der Waals surface area (Å²) >= 11 is 6.33. The minimum atomic E-state index is -0.161. The quantitative estimate of drug-likeness (QED) is 0.180. The highest BCUT2D eigenvalue weighted by molar-refractivity contribution is 6.28. The molecule has 2 heterocycles. The number of rotatable bonds is 8. The van der Waals surface area contributed by atoms with E-state index in [1.807, 2.05) is 12.1 Å². The van der Waals surface area contributed by atoms with Crippen LogP contribution in [0.1, 0.15) is 62.4 Å². The van der Waals surface area contributed by atoms with Gasteiger partial charge in [-0.05, 0) is 66.6 Å². The third kappa shape index (κ3) is 4.37. The zero-order valence-corrected chi connectivity index (χ0v) is 22.0. The molecule has 0 bridgehead atoms. The van der Waals surface area contributed by atoms with Crippen molar-refractivity contribution in [2.45, 2.75) is 57.4 Å². The molecule has 2 aliphatic rings. The molecule has 0 spiro atoms. The highest BCUT2D eigenvalue weighted by Gasteiger charge is 2.66. The smallest absolute Gasteiger partial charge is 0.223 e. The predicted molar refractivity (Wildman–Crippen MR) is 152 cm³/mol. The SMILES string of the molecule is C=C(/C=C\C1=NC2(C=CC)CC2(C)c2ccccc21)c1cc(-c2ccc(CCCC)cc2)nc(Cl)n1. The van der Waals surface area contributed by atoms with Gasteiger partial charge < -0.3 is 0 Å². The van der Waals surface area contributed by atoms with Crippen molar-refractivity contribution in [3.63, 3.8) is 0 Å². The molecular weight excluding hydrogens is 462 g/mol. The molecule has 1 aromatic heterocycles. The van der Waals surface area contributed by atoms with Crippen molar-refractivity contribution in [1.82, 2.24) is 9.97 Å². The highest BCUT2D eigenvalue weighted by Crippen LogP contribution is 2.63. The van der Waals surface area contributed by atoms with E-state index in [0.717, 1.165) is 35.4 Å². The molecule has 3 nitrogen and oxygen atoms in total. The van der Waals surface area contributed by atoms with E-state index in [1.165, 1.54) is 29.5 Å². The van der Waals surface area contributed by atoms with E-state index in [9.17, 15) is 0 Å². The molecule has 5 rings (SSSR count). The summed E-state index contributed by atoms with van der Waals surface area (Å²) in [7, 11) is 0. The molecule has 1 aliphatic carbocycles. The van der Waals surface area contributed by atoms with Gasteiger partial charge in [-0.25, -0.2) is 9.97 Å². The first kappa shape index (κ1) is 24.4. The fraction of sp³-hybridized carbons (Fsp3) is 0.281. The Bertz CT molecular complexity index is 1400. The van der Waals surface area contributed by atoms with Crippen molar-refractivity contribution in [2.24, 2.45) is 4.99 Å². The minimum absolute atomic E-state index is 0.0611. The number of allylic oxidation sites excluding steroid dienone is 4. The topological polar surface area (TPSA) is 38.1 Å². The maximum atomic E-state index is 6.33. The number of unbranched alkanes of at least 4 members (excludes halogenated alkanes) is 1. The molecule has 2 atom stereocenters. The second-order valence-corrected chi connectivity index (χ2v) is 10.4. The number of fused-ring (bicyclic) bond motifs is 3. The third-order valence-corrected chi connectivity index (χ3v) is 7.72. The summed E-state index contributed by atoms with van der Waals surface area (Å²) in [6.07, 6.45) is 12.9. The van der Waals surface area contributed by atoms with Gasteiger partial charge in [-0.15, -0.1) is 0 Å². The van der Waals surface area contributed by atoms with Gasteiger partial charge in [0.1, 0.15) is 0 Å². The summed E-state index contributed by atoms with van der Waals surface area (Å²) in [4.78, 5) is 14.1. The normalized spacial score (nSPS) is 22.4. The van der Waals surface area contributed by atoms with Crippen LogP contribution in [0, 0.1) is 0 Å². The Labute approximate surface area is 219 Å². The van der Waals surface area contributed by atoms with Crippen molar-refractivity contribution in [2.75, 3.05) is 0 Å². The van der Waals surface area contributed by atoms with E-state index < -0.39 is 0 Å². The van der Waals surface area contributed by atoms with Crippen LogP contribution < -0.4 is 0 Å². The van der Waals surface area contributed by atoms with Gasteiger partial charge in [0, 0.05) is 16.5 Å². The molecule has 1 fully saturated rings. The number of aromatic nitrogens is 2. The van der Waals surface area contributed by atoms with Crippen molar-refractivity contribution in [1.29, 1.82) is 0 Å². The van der Waals surface area contributed by atoms with Crippen molar-refractivity contribution in [3.8, 4) is 11.3 Å². The number of halogens is 1. The first-order valence-electron chi connectivity index (χ1n) is 12.7. The molecule has 0 amide bonds. The Hall–Kier alpha value is -3.30. The average Bonchev–Trinajstić information content (AvgIpc) is 3.50. The van der Waals surface area contributed by atoms with Gasteiger partial charge in [-0.2, -0.15) is 0 Å². The molecule has 36 heavy (non-hydrogen) atoms. The van der Waals surface area contributed by atoms with Crippen molar-refractivity contribution in [3.05, 3.63) is 113 Å². The van der Waals surface area contributed by atoms with Crippen LogP contribution in [0.25, 0.3) is 16.8 Å². The molecule has 3 aromatic rings. The molecule has 4 heteroatoms. The minimum Gasteiger partial charge on any atom is -0.273 e. The van der Waals surface area contributed by atoms with Crippen LogP contribution in [0.2, 0.25) is 5.28 Å². The Morgan fingerprint density at radius 2 is 1.89 bits per heavy atom. The lowest BCUT2D eigenvalue weighted by atomic mass is 9.84. The van der Waals surface area contributed by atoms with Gasteiger partial charge in [0.15, 0.2) is 0 Å². The van der Waals surface area contributed by atoms with E-state index in [-0.39, 0.29) is 16.2 Å². The molecule has 0 saturated heterocycles. The number of hydrogen-bond acceptors (Lipinski definition) is 3. The lowest BCUT2D eigenvalue weighted by Gasteiger charge is -2.26. The summed E-state index contributed by atoms with van der Waals surface area (Å²) in [6.45, 7) is 10.9. The van der Waals surface area contributed by atoms with Crippen LogP contribution in [-0.4, -0.2) is 21.2 Å². The lowest BCUT2D eigenvalue weighted by Crippen LogP contribution is -2.26. The fourth-order valence-corrected chi connectivity index (χ4v) is 5.53. The summed E-state index contributed by atoms with van der Waals surface area (Å²) < 4.78 is 0. The summed E-state index contributed by atoms with van der Waals surface area (Å²) in [5, 5.41) is 0.216. The zero-order chi connectivity index (χ0) is 25.3. The maximum absolute atomic E-state index is 6.33. The van der Waals surface area contributed by atoms with Crippen molar-refractivity contribution < 1.29 is 0 Å². The average molecular weight is 494 g/mol. The van der Waals surface area contributed by atoms with Crippen LogP contribution in [0.3, 0.4) is 0 Å². The molecule has 2 aromatic carbocycles. The molecule has 0 N–H and O–H groups in total. The van der Waals surface area contributed by atoms with E-state index in [4.69, 9.17) is 16.6 Å². The summed E-state index contributed by atoms with van der Waals surface area (Å²) in [5.41, 5.74) is 8.05. The van der Waals surface area contributed by atoms with Crippen LogP contribution in [0.4, 0.5) is 0 Å². The van der Waals surface area contributed by atoms with Gasteiger partial charge in [0.25, 0.3) is 0 Å². The molecule has 0 radical (unpaired) electrons. The molecule has 1 saturated carbocycles. The van der Waals surface area contributed by atoms with E-state index in [1.54, 1.807) is 0 Å². The molecule has 182 valence electrons. The van der Waals surface area contributed by atoms with Gasteiger partial charge in [-0.3, -0.25) is 4.99 Å². The Kier molecular flexibility index (Phi) is 6.53. The number of aryl methyl sites for hydroxylation is 1. The largest absolute Gasteiger partial charge is 0.273 e. The summed E-state index contributed by atoms with van der Waals surface area (Å²) in [6, 6.07) is 19.1. The van der Waals surface area contributed by atoms with Gasteiger partial charge >= 0.3 is 0 Å². The second kappa shape index (κ2) is 9.63. The van der Waals surface area contributed by atoms with Gasteiger partial charge in [0.2, 0.25) is 5.28 Å².